The smallest absolute Gasteiger partial charge is 0.265 e. The fourth-order valence-corrected chi connectivity index (χ4v) is 2.78. The second-order valence-electron chi connectivity index (χ2n) is 6.12. The molecule has 2 aromatic carbocycles. The van der Waals surface area contributed by atoms with E-state index in [9.17, 15) is 9.59 Å². The van der Waals surface area contributed by atoms with E-state index >= 15 is 0 Å². The summed E-state index contributed by atoms with van der Waals surface area (Å²) in [6.07, 6.45) is 1.17. The Morgan fingerprint density at radius 3 is 2.58 bits per heavy atom. The molecule has 0 saturated heterocycles. The molecule has 0 aromatic heterocycles. The van der Waals surface area contributed by atoms with E-state index in [1.807, 2.05) is 0 Å². The fourth-order valence-electron chi connectivity index (χ4n) is 2.33. The Morgan fingerprint density at radius 1 is 1.15 bits per heavy atom. The molecule has 0 heterocycles. The number of hydrogen-bond donors (Lipinski definition) is 2. The summed E-state index contributed by atoms with van der Waals surface area (Å²) >= 11 is 11.9. The first-order valence-corrected chi connectivity index (χ1v) is 9.02. The number of benzene rings is 2. The molecule has 2 aromatic rings. The summed E-state index contributed by atoms with van der Waals surface area (Å²) in [5.41, 5.74) is 0.859. The highest BCUT2D eigenvalue weighted by atomic mass is 35.5. The van der Waals surface area contributed by atoms with Gasteiger partial charge in [0.15, 0.2) is 6.10 Å². The van der Waals surface area contributed by atoms with Gasteiger partial charge in [0.2, 0.25) is 0 Å². The van der Waals surface area contributed by atoms with Crippen molar-refractivity contribution < 1.29 is 14.3 Å². The van der Waals surface area contributed by atoms with Crippen LogP contribution in [0.5, 0.6) is 5.75 Å². The van der Waals surface area contributed by atoms with E-state index in [2.05, 4.69) is 10.6 Å². The van der Waals surface area contributed by atoms with Crippen molar-refractivity contribution in [1.29, 1.82) is 0 Å². The average Bonchev–Trinajstić information content (AvgIpc) is 3.41. The van der Waals surface area contributed by atoms with Crippen molar-refractivity contribution in [2.24, 2.45) is 0 Å². The number of ether oxygens (including phenoxy) is 1. The number of hydrogen-bond acceptors (Lipinski definition) is 3. The molecular formula is C19H18Cl2N2O3. The normalized spacial score (nSPS) is 14.4. The topological polar surface area (TPSA) is 67.4 Å². The van der Waals surface area contributed by atoms with Gasteiger partial charge in [-0.3, -0.25) is 9.59 Å². The summed E-state index contributed by atoms with van der Waals surface area (Å²) in [4.78, 5) is 24.8. The zero-order chi connectivity index (χ0) is 18.7. The quantitative estimate of drug-likeness (QED) is 0.770. The molecule has 26 heavy (non-hydrogen) atoms. The van der Waals surface area contributed by atoms with E-state index in [0.29, 0.717) is 27.0 Å². The number of nitrogens with one attached hydrogen (secondary N) is 2. The van der Waals surface area contributed by atoms with Crippen LogP contribution >= 0.6 is 23.2 Å². The highest BCUT2D eigenvalue weighted by Gasteiger charge is 2.25. The van der Waals surface area contributed by atoms with Gasteiger partial charge in [0.25, 0.3) is 11.8 Å². The Labute approximate surface area is 161 Å². The molecule has 0 bridgehead atoms. The minimum atomic E-state index is -0.812. The minimum absolute atomic E-state index is 0.197. The lowest BCUT2D eigenvalue weighted by Crippen LogP contribution is -2.32. The van der Waals surface area contributed by atoms with Gasteiger partial charge in [0.05, 0.1) is 16.3 Å². The van der Waals surface area contributed by atoms with Crippen molar-refractivity contribution >= 4 is 40.7 Å². The summed E-state index contributed by atoms with van der Waals surface area (Å²) in [5.74, 6) is -0.223. The molecule has 7 heteroatoms. The maximum atomic E-state index is 12.5. The first kappa shape index (κ1) is 18.5. The predicted octanol–water partition coefficient (Wildman–Crippen LogP) is 4.29. The van der Waals surface area contributed by atoms with Gasteiger partial charge < -0.3 is 15.4 Å². The Morgan fingerprint density at radius 2 is 1.88 bits per heavy atom. The van der Waals surface area contributed by atoms with Crippen LogP contribution in [-0.4, -0.2) is 24.0 Å². The van der Waals surface area contributed by atoms with Gasteiger partial charge in [-0.05, 0) is 50.1 Å². The van der Waals surface area contributed by atoms with Crippen molar-refractivity contribution in [2.75, 3.05) is 5.32 Å². The molecule has 0 aliphatic heterocycles. The summed E-state index contributed by atoms with van der Waals surface area (Å²) < 4.78 is 5.61. The van der Waals surface area contributed by atoms with Crippen LogP contribution in [0.25, 0.3) is 0 Å². The Bertz CT molecular complexity index is 837. The SMILES string of the molecule is C[C@H](Oc1ccc(Cl)cc1Cl)C(=O)Nc1ccccc1C(=O)NC1CC1. The Hall–Kier alpha value is -2.24. The van der Waals surface area contributed by atoms with Crippen molar-refractivity contribution in [3.63, 3.8) is 0 Å². The molecule has 1 atom stereocenters. The number of anilines is 1. The van der Waals surface area contributed by atoms with E-state index in [4.69, 9.17) is 27.9 Å². The largest absolute Gasteiger partial charge is 0.479 e. The Balaban J connectivity index is 1.68. The lowest BCUT2D eigenvalue weighted by atomic mass is 10.1. The van der Waals surface area contributed by atoms with Crippen molar-refractivity contribution in [3.8, 4) is 5.75 Å². The third-order valence-corrected chi connectivity index (χ3v) is 4.44. The molecule has 2 amide bonds. The lowest BCUT2D eigenvalue weighted by Gasteiger charge is -2.17. The summed E-state index contributed by atoms with van der Waals surface area (Å²) in [6.45, 7) is 1.60. The molecule has 0 radical (unpaired) electrons. The van der Waals surface area contributed by atoms with Gasteiger partial charge >= 0.3 is 0 Å². The van der Waals surface area contributed by atoms with Crippen LogP contribution < -0.4 is 15.4 Å². The van der Waals surface area contributed by atoms with Crippen LogP contribution in [0.1, 0.15) is 30.1 Å². The van der Waals surface area contributed by atoms with Crippen LogP contribution in [0.2, 0.25) is 10.0 Å². The fraction of sp³-hybridized carbons (Fsp3) is 0.263. The molecule has 136 valence electrons. The van der Waals surface area contributed by atoms with Crippen molar-refractivity contribution in [1.82, 2.24) is 5.32 Å². The second kappa shape index (κ2) is 7.98. The number of rotatable bonds is 6. The molecular weight excluding hydrogens is 375 g/mol. The maximum absolute atomic E-state index is 12.5. The van der Waals surface area contributed by atoms with Crippen LogP contribution in [-0.2, 0) is 4.79 Å². The molecule has 3 rings (SSSR count). The molecule has 1 saturated carbocycles. The van der Waals surface area contributed by atoms with Gasteiger partial charge in [-0.2, -0.15) is 0 Å². The maximum Gasteiger partial charge on any atom is 0.265 e. The van der Waals surface area contributed by atoms with E-state index in [1.54, 1.807) is 49.4 Å². The zero-order valence-electron chi connectivity index (χ0n) is 14.1. The van der Waals surface area contributed by atoms with Gasteiger partial charge in [-0.1, -0.05) is 35.3 Å². The van der Waals surface area contributed by atoms with Gasteiger partial charge in [0, 0.05) is 11.1 Å². The molecule has 1 fully saturated rings. The summed E-state index contributed by atoms with van der Waals surface area (Å²) in [7, 11) is 0. The molecule has 2 N–H and O–H groups in total. The zero-order valence-corrected chi connectivity index (χ0v) is 15.6. The number of halogens is 2. The minimum Gasteiger partial charge on any atom is -0.479 e. The first-order valence-electron chi connectivity index (χ1n) is 8.26. The summed E-state index contributed by atoms with van der Waals surface area (Å²) in [5, 5.41) is 6.46. The van der Waals surface area contributed by atoms with E-state index in [-0.39, 0.29) is 17.9 Å². The van der Waals surface area contributed by atoms with Crippen LogP contribution in [0.15, 0.2) is 42.5 Å². The average molecular weight is 393 g/mol. The van der Waals surface area contributed by atoms with Crippen molar-refractivity contribution in [3.05, 3.63) is 58.1 Å². The standard InChI is InChI=1S/C19H18Cl2N2O3/c1-11(26-17-9-6-12(20)10-15(17)21)18(24)23-16-5-3-2-4-14(16)19(25)22-13-7-8-13/h2-6,9-11,13H,7-8H2,1H3,(H,22,25)(H,23,24)/t11-/m0/s1. The summed E-state index contributed by atoms with van der Waals surface area (Å²) in [6, 6.07) is 11.9. The van der Waals surface area contributed by atoms with Crippen molar-refractivity contribution in [2.45, 2.75) is 31.9 Å². The number of amides is 2. The molecule has 1 aliphatic carbocycles. The highest BCUT2D eigenvalue weighted by molar-refractivity contribution is 6.35. The van der Waals surface area contributed by atoms with Gasteiger partial charge in [0.1, 0.15) is 5.75 Å². The monoisotopic (exact) mass is 392 g/mol. The second-order valence-corrected chi connectivity index (χ2v) is 6.96. The number of carbonyl (C=O) groups is 2. The van der Waals surface area contributed by atoms with E-state index in [1.165, 1.54) is 0 Å². The predicted molar refractivity (Wildman–Crippen MR) is 102 cm³/mol. The van der Waals surface area contributed by atoms with Crippen LogP contribution in [0.4, 0.5) is 5.69 Å². The van der Waals surface area contributed by atoms with Crippen LogP contribution in [0.3, 0.4) is 0 Å². The first-order chi connectivity index (χ1) is 12.4. The van der Waals surface area contributed by atoms with Gasteiger partial charge in [-0.15, -0.1) is 0 Å². The number of para-hydroxylation sites is 1. The third kappa shape index (κ3) is 4.68. The lowest BCUT2D eigenvalue weighted by molar-refractivity contribution is -0.122. The highest BCUT2D eigenvalue weighted by Crippen LogP contribution is 2.28. The third-order valence-electron chi connectivity index (χ3n) is 3.91. The molecule has 0 unspecified atom stereocenters. The van der Waals surface area contributed by atoms with Gasteiger partial charge in [-0.25, -0.2) is 0 Å². The van der Waals surface area contributed by atoms with E-state index < -0.39 is 6.10 Å². The molecule has 5 nitrogen and oxygen atoms in total. The molecule has 1 aliphatic rings. The molecule has 0 spiro atoms. The van der Waals surface area contributed by atoms with E-state index in [0.717, 1.165) is 12.8 Å². The van der Waals surface area contributed by atoms with Crippen LogP contribution in [0, 0.1) is 0 Å². The number of carbonyl (C=O) groups excluding carboxylic acids is 2. The Kier molecular flexibility index (Phi) is 5.69.